The Bertz CT molecular complexity index is 947. The molecular weight excluding hydrogens is 342 g/mol. The van der Waals surface area contributed by atoms with E-state index in [1.54, 1.807) is 31.6 Å². The Hall–Kier alpha value is -2.99. The van der Waals surface area contributed by atoms with E-state index in [4.69, 9.17) is 4.74 Å². The Morgan fingerprint density at radius 1 is 1.19 bits per heavy atom. The molecule has 6 nitrogen and oxygen atoms in total. The number of hydrogen-bond donors (Lipinski definition) is 2. The zero-order chi connectivity index (χ0) is 18.8. The van der Waals surface area contributed by atoms with Crippen molar-refractivity contribution in [2.75, 3.05) is 7.11 Å². The predicted octanol–water partition coefficient (Wildman–Crippen LogP) is 2.88. The van der Waals surface area contributed by atoms with Gasteiger partial charge in [-0.1, -0.05) is 24.3 Å². The second kappa shape index (κ2) is 7.32. The van der Waals surface area contributed by atoms with Gasteiger partial charge in [-0.3, -0.25) is 9.78 Å². The highest BCUT2D eigenvalue weighted by Gasteiger charge is 2.36. The van der Waals surface area contributed by atoms with Crippen LogP contribution in [-0.4, -0.2) is 34.2 Å². The Morgan fingerprint density at radius 2 is 2.00 bits per heavy atom. The van der Waals surface area contributed by atoms with Crippen molar-refractivity contribution in [3.8, 4) is 5.88 Å². The highest BCUT2D eigenvalue weighted by Crippen LogP contribution is 2.38. The number of methoxy groups -OCH3 is 1. The van der Waals surface area contributed by atoms with Crippen LogP contribution in [0.3, 0.4) is 0 Å². The number of nitrogens with one attached hydrogen (secondary N) is 1. The molecule has 2 aromatic heterocycles. The van der Waals surface area contributed by atoms with Crippen molar-refractivity contribution in [1.82, 2.24) is 15.3 Å². The highest BCUT2D eigenvalue weighted by molar-refractivity contribution is 6.06. The summed E-state index contributed by atoms with van der Waals surface area (Å²) in [5.41, 5.74) is 2.28. The summed E-state index contributed by atoms with van der Waals surface area (Å²) in [6.07, 6.45) is 4.39. The summed E-state index contributed by atoms with van der Waals surface area (Å²) in [5, 5.41) is 13.7. The molecule has 0 radical (unpaired) electrons. The summed E-state index contributed by atoms with van der Waals surface area (Å²) in [5.74, 6) is 0.542. The van der Waals surface area contributed by atoms with Crippen LogP contribution in [0.1, 0.15) is 34.8 Å². The number of para-hydroxylation sites is 1. The molecule has 0 bridgehead atoms. The van der Waals surface area contributed by atoms with E-state index in [1.165, 1.54) is 0 Å². The number of carbonyl (C=O) groups excluding carboxylic acids is 1. The van der Waals surface area contributed by atoms with Gasteiger partial charge in [0.2, 0.25) is 5.88 Å². The summed E-state index contributed by atoms with van der Waals surface area (Å²) in [4.78, 5) is 21.6. The van der Waals surface area contributed by atoms with E-state index in [9.17, 15) is 9.90 Å². The topological polar surface area (TPSA) is 84.3 Å². The van der Waals surface area contributed by atoms with Crippen LogP contribution in [0.15, 0.2) is 54.9 Å². The second-order valence-electron chi connectivity index (χ2n) is 6.85. The van der Waals surface area contributed by atoms with Crippen LogP contribution in [-0.2, 0) is 0 Å². The van der Waals surface area contributed by atoms with Gasteiger partial charge in [0.05, 0.1) is 30.3 Å². The summed E-state index contributed by atoms with van der Waals surface area (Å²) in [6.45, 7) is 0. The van der Waals surface area contributed by atoms with Crippen LogP contribution in [0, 0.1) is 5.92 Å². The van der Waals surface area contributed by atoms with E-state index in [0.29, 0.717) is 24.3 Å². The van der Waals surface area contributed by atoms with Gasteiger partial charge in [0, 0.05) is 23.8 Å². The minimum absolute atomic E-state index is 0.157. The summed E-state index contributed by atoms with van der Waals surface area (Å²) in [7, 11) is 1.57. The molecule has 1 fully saturated rings. The Balaban J connectivity index is 1.63. The monoisotopic (exact) mass is 363 g/mol. The highest BCUT2D eigenvalue weighted by atomic mass is 16.5. The fraction of sp³-hybridized carbons (Fsp3) is 0.286. The maximum absolute atomic E-state index is 13.0. The number of amides is 1. The SMILES string of the molecule is COc1ccc(C(NC(=O)c2ccnc3ccccc23)C2CC(O)C2)cn1. The average Bonchev–Trinajstić information content (AvgIpc) is 2.69. The van der Waals surface area contributed by atoms with Gasteiger partial charge in [-0.2, -0.15) is 0 Å². The normalized spacial score (nSPS) is 19.9. The molecule has 1 aliphatic carbocycles. The van der Waals surface area contributed by atoms with Gasteiger partial charge in [-0.05, 0) is 36.5 Å². The molecule has 6 heteroatoms. The van der Waals surface area contributed by atoms with E-state index in [0.717, 1.165) is 16.5 Å². The first-order chi connectivity index (χ1) is 13.2. The van der Waals surface area contributed by atoms with Crippen molar-refractivity contribution < 1.29 is 14.6 Å². The van der Waals surface area contributed by atoms with Gasteiger partial charge in [-0.25, -0.2) is 4.98 Å². The molecule has 3 aromatic rings. The molecule has 0 spiro atoms. The molecule has 2 N–H and O–H groups in total. The molecule has 1 atom stereocenters. The first-order valence-electron chi connectivity index (χ1n) is 8.98. The molecule has 0 aliphatic heterocycles. The molecule has 138 valence electrons. The van der Waals surface area contributed by atoms with Crippen LogP contribution < -0.4 is 10.1 Å². The molecule has 1 aliphatic rings. The molecule has 0 saturated heterocycles. The minimum atomic E-state index is -0.303. The first kappa shape index (κ1) is 17.4. The lowest BCUT2D eigenvalue weighted by Gasteiger charge is -2.38. The third-order valence-corrected chi connectivity index (χ3v) is 5.13. The maximum atomic E-state index is 13.0. The molecule has 4 rings (SSSR count). The van der Waals surface area contributed by atoms with Gasteiger partial charge < -0.3 is 15.2 Å². The lowest BCUT2D eigenvalue weighted by atomic mass is 9.75. The lowest BCUT2D eigenvalue weighted by molar-refractivity contribution is 0.0235. The third-order valence-electron chi connectivity index (χ3n) is 5.13. The van der Waals surface area contributed by atoms with Crippen molar-refractivity contribution in [3.63, 3.8) is 0 Å². The zero-order valence-electron chi connectivity index (χ0n) is 15.0. The second-order valence-corrected chi connectivity index (χ2v) is 6.85. The Morgan fingerprint density at radius 3 is 2.70 bits per heavy atom. The quantitative estimate of drug-likeness (QED) is 0.728. The fourth-order valence-corrected chi connectivity index (χ4v) is 3.58. The van der Waals surface area contributed by atoms with Crippen LogP contribution in [0.2, 0.25) is 0 Å². The van der Waals surface area contributed by atoms with Crippen molar-refractivity contribution >= 4 is 16.8 Å². The average molecular weight is 363 g/mol. The largest absolute Gasteiger partial charge is 0.481 e. The van der Waals surface area contributed by atoms with Gasteiger partial charge in [-0.15, -0.1) is 0 Å². The fourth-order valence-electron chi connectivity index (χ4n) is 3.58. The molecule has 1 aromatic carbocycles. The van der Waals surface area contributed by atoms with Crippen molar-refractivity contribution in [1.29, 1.82) is 0 Å². The number of nitrogens with zero attached hydrogens (tertiary/aromatic N) is 2. The number of aliphatic hydroxyl groups excluding tert-OH is 1. The molecule has 27 heavy (non-hydrogen) atoms. The van der Waals surface area contributed by atoms with Gasteiger partial charge in [0.25, 0.3) is 5.91 Å². The first-order valence-corrected chi connectivity index (χ1v) is 8.98. The van der Waals surface area contributed by atoms with Crippen molar-refractivity contribution in [3.05, 3.63) is 66.0 Å². The minimum Gasteiger partial charge on any atom is -0.481 e. The summed E-state index contributed by atoms with van der Waals surface area (Å²) >= 11 is 0. The molecular formula is C21H21N3O3. The molecule has 1 amide bonds. The van der Waals surface area contributed by atoms with Gasteiger partial charge in [0.15, 0.2) is 0 Å². The standard InChI is InChI=1S/C21H21N3O3/c1-27-19-7-6-13(12-23-19)20(14-10-15(25)11-14)24-21(26)17-8-9-22-18-5-3-2-4-16(17)18/h2-9,12,14-15,20,25H,10-11H2,1H3,(H,24,26). The van der Waals surface area contributed by atoms with Gasteiger partial charge in [0.1, 0.15) is 0 Å². The molecule has 2 heterocycles. The van der Waals surface area contributed by atoms with Crippen LogP contribution in [0.4, 0.5) is 0 Å². The van der Waals surface area contributed by atoms with Gasteiger partial charge >= 0.3 is 0 Å². The predicted molar refractivity (Wildman–Crippen MR) is 101 cm³/mol. The maximum Gasteiger partial charge on any atom is 0.252 e. The molecule has 1 saturated carbocycles. The van der Waals surface area contributed by atoms with E-state index in [-0.39, 0.29) is 24.0 Å². The number of hydrogen-bond acceptors (Lipinski definition) is 5. The number of carbonyl (C=O) groups is 1. The number of fused-ring (bicyclic) bond motifs is 1. The summed E-state index contributed by atoms with van der Waals surface area (Å²) in [6, 6.07) is 12.8. The number of rotatable bonds is 5. The number of ether oxygens (including phenoxy) is 1. The van der Waals surface area contributed by atoms with Crippen molar-refractivity contribution in [2.45, 2.75) is 25.0 Å². The lowest BCUT2D eigenvalue weighted by Crippen LogP contribution is -2.41. The van der Waals surface area contributed by atoms with E-state index >= 15 is 0 Å². The number of benzene rings is 1. The van der Waals surface area contributed by atoms with E-state index in [2.05, 4.69) is 15.3 Å². The van der Waals surface area contributed by atoms with Crippen LogP contribution in [0.5, 0.6) is 5.88 Å². The van der Waals surface area contributed by atoms with Crippen molar-refractivity contribution in [2.24, 2.45) is 5.92 Å². The Labute approximate surface area is 157 Å². The number of pyridine rings is 2. The summed E-state index contributed by atoms with van der Waals surface area (Å²) < 4.78 is 5.12. The van der Waals surface area contributed by atoms with E-state index in [1.807, 2.05) is 30.3 Å². The molecule has 1 unspecified atom stereocenters. The number of aliphatic hydroxyl groups is 1. The zero-order valence-corrected chi connectivity index (χ0v) is 15.0. The van der Waals surface area contributed by atoms with E-state index < -0.39 is 0 Å². The smallest absolute Gasteiger partial charge is 0.252 e. The third kappa shape index (κ3) is 3.48. The van der Waals surface area contributed by atoms with Crippen LogP contribution >= 0.6 is 0 Å². The van der Waals surface area contributed by atoms with Crippen LogP contribution in [0.25, 0.3) is 10.9 Å². The Kier molecular flexibility index (Phi) is 4.73. The number of aromatic nitrogens is 2.